The van der Waals surface area contributed by atoms with Gasteiger partial charge in [0.2, 0.25) is 23.4 Å². The van der Waals surface area contributed by atoms with Gasteiger partial charge in [0, 0.05) is 55.4 Å². The number of unbranched alkanes of at least 4 members (excludes halogenated alkanes) is 5. The number of Topliss-reactive ketones (excluding diaryl/α,β-unsaturated/α-hetero) is 1. The lowest BCUT2D eigenvalue weighted by atomic mass is 9.95. The maximum atomic E-state index is 13.9. The van der Waals surface area contributed by atoms with E-state index >= 15 is 0 Å². The molecule has 1 atom stereocenters. The highest BCUT2D eigenvalue weighted by molar-refractivity contribution is 8.06. The van der Waals surface area contributed by atoms with Gasteiger partial charge < -0.3 is 34.2 Å². The van der Waals surface area contributed by atoms with Gasteiger partial charge in [-0.15, -0.1) is 0 Å². The van der Waals surface area contributed by atoms with Crippen molar-refractivity contribution in [2.45, 2.75) is 118 Å². The first-order chi connectivity index (χ1) is 27.9. The van der Waals surface area contributed by atoms with Gasteiger partial charge in [0.1, 0.15) is 19.0 Å². The Morgan fingerprint density at radius 1 is 0.828 bits per heavy atom. The highest BCUT2D eigenvalue weighted by atomic mass is 32.5. The van der Waals surface area contributed by atoms with Gasteiger partial charge in [-0.1, -0.05) is 74.0 Å². The third-order valence-electron chi connectivity index (χ3n) is 9.67. The number of H-pyrrole nitrogens is 1. The number of ketones is 1. The molecule has 1 aliphatic rings. The van der Waals surface area contributed by atoms with Gasteiger partial charge in [0.05, 0.1) is 43.7 Å². The third-order valence-corrected chi connectivity index (χ3v) is 11.4. The third kappa shape index (κ3) is 15.4. The number of fused-ring (bicyclic) bond motifs is 5. The molecule has 3 N–H and O–H groups in total. The molecule has 0 bridgehead atoms. The van der Waals surface area contributed by atoms with Crippen molar-refractivity contribution in [2.75, 3.05) is 37.8 Å². The average Bonchev–Trinajstić information content (AvgIpc) is 3.59. The number of aryl methyl sites for hydroxylation is 1. The largest absolute Gasteiger partial charge is 0.780 e. The van der Waals surface area contributed by atoms with Gasteiger partial charge in [-0.25, -0.2) is 0 Å². The summed E-state index contributed by atoms with van der Waals surface area (Å²) < 4.78 is 17.9. The van der Waals surface area contributed by atoms with E-state index in [-0.39, 0.29) is 48.4 Å². The molecular formula is C42H61N6O8PS. The fraction of sp³-hybridized carbons (Fsp3) is 0.571. The summed E-state index contributed by atoms with van der Waals surface area (Å²) in [5, 5.41) is 13.8. The molecule has 0 aliphatic carbocycles. The Kier molecular flexibility index (Phi) is 19.6. The molecule has 318 valence electrons. The van der Waals surface area contributed by atoms with Crippen molar-refractivity contribution in [3.63, 3.8) is 0 Å². The summed E-state index contributed by atoms with van der Waals surface area (Å²) in [5.74, 6) is -0.251. The van der Waals surface area contributed by atoms with Gasteiger partial charge in [-0.05, 0) is 69.7 Å². The van der Waals surface area contributed by atoms with Crippen molar-refractivity contribution in [3.8, 4) is 22.5 Å². The number of aromatic amines is 1. The Balaban J connectivity index is 1.26. The number of carbonyl (C=O) groups is 4. The van der Waals surface area contributed by atoms with E-state index in [9.17, 15) is 24.1 Å². The summed E-state index contributed by atoms with van der Waals surface area (Å²) in [6, 6.07) is 15.7. The lowest BCUT2D eigenvalue weighted by molar-refractivity contribution is -0.744. The number of hydrogen-bond donors (Lipinski definition) is 3. The second-order valence-corrected chi connectivity index (χ2v) is 17.8. The van der Waals surface area contributed by atoms with Crippen LogP contribution in [-0.2, 0) is 57.9 Å². The van der Waals surface area contributed by atoms with Crippen LogP contribution < -0.4 is 25.1 Å². The first-order valence-electron chi connectivity index (χ1n) is 20.6. The molecule has 0 spiro atoms. The van der Waals surface area contributed by atoms with E-state index in [1.165, 1.54) is 0 Å². The first-order valence-corrected chi connectivity index (χ1v) is 23.2. The van der Waals surface area contributed by atoms with E-state index in [4.69, 9.17) is 30.7 Å². The van der Waals surface area contributed by atoms with Crippen molar-refractivity contribution in [2.24, 2.45) is 5.92 Å². The van der Waals surface area contributed by atoms with Crippen molar-refractivity contribution in [1.82, 2.24) is 20.9 Å². The van der Waals surface area contributed by atoms with Crippen LogP contribution in [0.2, 0.25) is 0 Å². The summed E-state index contributed by atoms with van der Waals surface area (Å²) in [7, 11) is 0. The van der Waals surface area contributed by atoms with Crippen LogP contribution in [0.5, 0.6) is 0 Å². The number of para-hydroxylation sites is 1. The van der Waals surface area contributed by atoms with Crippen LogP contribution in [0.25, 0.3) is 22.5 Å². The molecule has 1 aromatic heterocycles. The van der Waals surface area contributed by atoms with Gasteiger partial charge in [-0.3, -0.25) is 19.2 Å². The van der Waals surface area contributed by atoms with Crippen LogP contribution in [0.1, 0.15) is 104 Å². The summed E-state index contributed by atoms with van der Waals surface area (Å²) >= 11 is 4.88. The Morgan fingerprint density at radius 3 is 2.29 bits per heavy atom. The average molecular weight is 841 g/mol. The normalized spacial score (nSPS) is 13.3. The zero-order valence-corrected chi connectivity index (χ0v) is 36.2. The molecule has 2 heterocycles. The van der Waals surface area contributed by atoms with Crippen LogP contribution in [0.15, 0.2) is 48.5 Å². The van der Waals surface area contributed by atoms with Crippen LogP contribution in [0.3, 0.4) is 0 Å². The van der Waals surface area contributed by atoms with E-state index in [0.29, 0.717) is 58.8 Å². The minimum atomic E-state index is -3.42. The van der Waals surface area contributed by atoms with E-state index < -0.39 is 6.72 Å². The van der Waals surface area contributed by atoms with Crippen LogP contribution in [-0.4, -0.2) is 72.8 Å². The predicted molar refractivity (Wildman–Crippen MR) is 225 cm³/mol. The summed E-state index contributed by atoms with van der Waals surface area (Å²) in [5.41, 5.74) is 5.15. The topological polar surface area (TPSA) is 179 Å². The summed E-state index contributed by atoms with van der Waals surface area (Å²) in [6.45, 7) is 6.62. The Morgan fingerprint density at radius 2 is 1.52 bits per heavy atom. The van der Waals surface area contributed by atoms with E-state index in [0.717, 1.165) is 78.7 Å². The quantitative estimate of drug-likeness (QED) is 0.0519. The molecule has 0 fully saturated rings. The fourth-order valence-electron chi connectivity index (χ4n) is 6.60. The molecule has 0 saturated carbocycles. The highest BCUT2D eigenvalue weighted by Gasteiger charge is 2.33. The molecule has 16 heteroatoms. The number of nitrogens with zero attached hydrogens (tertiary/aromatic N) is 3. The Hall–Kier alpha value is -3.85. The molecule has 2 aromatic carbocycles. The number of anilines is 1. The van der Waals surface area contributed by atoms with Crippen LogP contribution in [0, 0.1) is 5.92 Å². The van der Waals surface area contributed by atoms with Crippen molar-refractivity contribution in [3.05, 3.63) is 54.1 Å². The number of nitrogens with one attached hydrogen (secondary N) is 3. The Labute approximate surface area is 348 Å². The molecule has 1 unspecified atom stereocenters. The molecule has 3 amide bonds. The highest BCUT2D eigenvalue weighted by Crippen LogP contribution is 2.41. The molecule has 14 nitrogen and oxygen atoms in total. The molecule has 3 aromatic rings. The van der Waals surface area contributed by atoms with Crippen molar-refractivity contribution < 1.29 is 42.5 Å². The summed E-state index contributed by atoms with van der Waals surface area (Å²) in [4.78, 5) is 64.6. The monoisotopic (exact) mass is 840 g/mol. The number of rotatable bonds is 26. The number of aromatic nitrogens is 3. The maximum absolute atomic E-state index is 13.9. The second kappa shape index (κ2) is 24.3. The first kappa shape index (κ1) is 46.8. The molecule has 4 rings (SSSR count). The number of hydrogen-bond acceptors (Lipinski definition) is 10. The fourth-order valence-corrected chi connectivity index (χ4v) is 8.27. The van der Waals surface area contributed by atoms with Gasteiger partial charge in [-0.2, -0.15) is 4.68 Å². The zero-order chi connectivity index (χ0) is 41.9. The van der Waals surface area contributed by atoms with Crippen LogP contribution >= 0.6 is 6.72 Å². The van der Waals surface area contributed by atoms with E-state index in [1.807, 2.05) is 67.1 Å². The molecule has 0 saturated heterocycles. The predicted octanol–water partition coefficient (Wildman–Crippen LogP) is 5.67. The molecule has 0 radical (unpaired) electrons. The van der Waals surface area contributed by atoms with E-state index in [1.54, 1.807) is 18.7 Å². The second-order valence-electron chi connectivity index (χ2n) is 15.1. The number of amides is 3. The number of benzene rings is 2. The number of ether oxygens (including phenoxy) is 1. The van der Waals surface area contributed by atoms with Gasteiger partial charge in [0.15, 0.2) is 0 Å². The SMILES string of the molecule is CC(C)OP([O-])(=S)OCCCCCCNC(=O)CCCCC[n+]1[nH]nc2c1-c1ccccc1N(C(=O)CCC(=O)NCCOCCC(=O)C(C)C)Cc1ccccc1-2. The molecule has 1 aliphatic heterocycles. The van der Waals surface area contributed by atoms with Crippen molar-refractivity contribution >= 4 is 47.7 Å². The standard InChI is InChI=1S/C42H61N6O8PS/c1-31(2)37(49)23-28-54-29-25-44-39(51)21-22-40(52)47-30-33-16-9-10-17-34(33)41-42(35-18-11-12-19-36(35)47)48(46-45-41)26-14-7-8-20-38(50)43-24-13-5-6-15-27-55-57(53,58)56-32(3)4/h9-12,16-19,31-32H,5-8,13-15,20-30H2,1-4H3,(H3,43,44,50,51,53,58). The maximum Gasteiger partial charge on any atom is 0.257 e. The molecule has 58 heavy (non-hydrogen) atoms. The smallest absolute Gasteiger partial charge is 0.257 e. The lowest BCUT2D eigenvalue weighted by Gasteiger charge is -2.29. The number of carbonyl (C=O) groups excluding carboxylic acids is 4. The zero-order valence-electron chi connectivity index (χ0n) is 34.5. The lowest BCUT2D eigenvalue weighted by Crippen LogP contribution is -2.39. The minimum absolute atomic E-state index is 0.0266. The van der Waals surface area contributed by atoms with E-state index in [2.05, 4.69) is 15.8 Å². The van der Waals surface area contributed by atoms with Crippen LogP contribution in [0.4, 0.5) is 5.69 Å². The molecular weight excluding hydrogens is 780 g/mol. The summed E-state index contributed by atoms with van der Waals surface area (Å²) in [6.07, 6.45) is 6.41. The van der Waals surface area contributed by atoms with Crippen molar-refractivity contribution in [1.29, 1.82) is 0 Å². The Bertz CT molecular complexity index is 1850. The minimum Gasteiger partial charge on any atom is -0.780 e. The van der Waals surface area contributed by atoms with Gasteiger partial charge in [0.25, 0.3) is 5.69 Å². The van der Waals surface area contributed by atoms with Gasteiger partial charge >= 0.3 is 0 Å².